The van der Waals surface area contributed by atoms with Gasteiger partial charge >= 0.3 is 0 Å². The van der Waals surface area contributed by atoms with Gasteiger partial charge in [-0.15, -0.1) is 0 Å². The van der Waals surface area contributed by atoms with E-state index < -0.39 is 0 Å². The highest BCUT2D eigenvalue weighted by atomic mass is 16.5. The SMILES string of the molecule is CCCNc1cc(OC(C)(C)CC)nc(C2CC2)n1. The van der Waals surface area contributed by atoms with E-state index in [2.05, 4.69) is 43.0 Å². The van der Waals surface area contributed by atoms with Gasteiger partial charge in [0.1, 0.15) is 17.2 Å². The van der Waals surface area contributed by atoms with Crippen molar-refractivity contribution in [2.24, 2.45) is 0 Å². The molecular weight excluding hydrogens is 238 g/mol. The van der Waals surface area contributed by atoms with Crippen LogP contribution in [0.15, 0.2) is 6.07 Å². The van der Waals surface area contributed by atoms with E-state index in [0.717, 1.165) is 31.0 Å². The molecule has 4 nitrogen and oxygen atoms in total. The Labute approximate surface area is 116 Å². The minimum atomic E-state index is -0.183. The molecule has 1 heterocycles. The van der Waals surface area contributed by atoms with E-state index in [1.54, 1.807) is 0 Å². The third kappa shape index (κ3) is 4.08. The maximum Gasteiger partial charge on any atom is 0.219 e. The van der Waals surface area contributed by atoms with Crippen molar-refractivity contribution in [1.82, 2.24) is 9.97 Å². The van der Waals surface area contributed by atoms with Crippen LogP contribution in [-0.2, 0) is 0 Å². The minimum absolute atomic E-state index is 0.183. The van der Waals surface area contributed by atoms with Crippen molar-refractivity contribution < 1.29 is 4.74 Å². The molecule has 1 aliphatic carbocycles. The van der Waals surface area contributed by atoms with Crippen LogP contribution >= 0.6 is 0 Å². The van der Waals surface area contributed by atoms with Gasteiger partial charge in [-0.2, -0.15) is 4.98 Å². The summed E-state index contributed by atoms with van der Waals surface area (Å²) < 4.78 is 6.00. The average Bonchev–Trinajstić information content (AvgIpc) is 3.20. The fourth-order valence-corrected chi connectivity index (χ4v) is 1.72. The molecule has 0 aromatic carbocycles. The molecule has 1 fully saturated rings. The lowest BCUT2D eigenvalue weighted by molar-refractivity contribution is 0.0986. The Morgan fingerprint density at radius 3 is 2.63 bits per heavy atom. The fourth-order valence-electron chi connectivity index (χ4n) is 1.72. The molecule has 106 valence electrons. The number of rotatable bonds is 7. The van der Waals surface area contributed by atoms with Gasteiger partial charge in [-0.3, -0.25) is 0 Å². The van der Waals surface area contributed by atoms with Crippen molar-refractivity contribution in [2.75, 3.05) is 11.9 Å². The van der Waals surface area contributed by atoms with Crippen LogP contribution in [0.2, 0.25) is 0 Å². The number of anilines is 1. The van der Waals surface area contributed by atoms with Crippen LogP contribution in [-0.4, -0.2) is 22.1 Å². The number of hydrogen-bond acceptors (Lipinski definition) is 4. The van der Waals surface area contributed by atoms with Crippen LogP contribution in [0, 0.1) is 0 Å². The van der Waals surface area contributed by atoms with Crippen LogP contribution in [0.3, 0.4) is 0 Å². The minimum Gasteiger partial charge on any atom is -0.472 e. The fraction of sp³-hybridized carbons (Fsp3) is 0.733. The van der Waals surface area contributed by atoms with Crippen LogP contribution in [0.4, 0.5) is 5.82 Å². The van der Waals surface area contributed by atoms with Crippen LogP contribution < -0.4 is 10.1 Å². The molecule has 0 aliphatic heterocycles. The van der Waals surface area contributed by atoms with E-state index in [1.807, 2.05) is 6.07 Å². The third-order valence-corrected chi connectivity index (χ3v) is 3.45. The first-order chi connectivity index (χ1) is 9.04. The van der Waals surface area contributed by atoms with E-state index in [-0.39, 0.29) is 5.60 Å². The van der Waals surface area contributed by atoms with E-state index in [9.17, 15) is 0 Å². The first-order valence-electron chi connectivity index (χ1n) is 7.36. The lowest BCUT2D eigenvalue weighted by atomic mass is 10.1. The summed E-state index contributed by atoms with van der Waals surface area (Å²) in [6.07, 6.45) is 4.44. The number of aromatic nitrogens is 2. The quantitative estimate of drug-likeness (QED) is 0.814. The number of ether oxygens (including phenoxy) is 1. The number of nitrogens with one attached hydrogen (secondary N) is 1. The lowest BCUT2D eigenvalue weighted by Gasteiger charge is -2.24. The molecule has 0 spiro atoms. The molecule has 0 amide bonds. The van der Waals surface area contributed by atoms with Crippen LogP contribution in [0.5, 0.6) is 5.88 Å². The van der Waals surface area contributed by atoms with E-state index in [1.165, 1.54) is 12.8 Å². The zero-order valence-corrected chi connectivity index (χ0v) is 12.5. The van der Waals surface area contributed by atoms with Crippen molar-refractivity contribution in [3.63, 3.8) is 0 Å². The molecule has 19 heavy (non-hydrogen) atoms. The molecule has 0 atom stereocenters. The molecule has 1 aliphatic rings. The highest BCUT2D eigenvalue weighted by Crippen LogP contribution is 2.39. The molecule has 0 unspecified atom stereocenters. The molecular formula is C15H25N3O. The molecule has 2 rings (SSSR count). The Hall–Kier alpha value is -1.32. The Kier molecular flexibility index (Phi) is 4.27. The molecule has 1 saturated carbocycles. The monoisotopic (exact) mass is 263 g/mol. The first kappa shape index (κ1) is 14.1. The molecule has 4 heteroatoms. The Morgan fingerprint density at radius 2 is 2.05 bits per heavy atom. The largest absolute Gasteiger partial charge is 0.472 e. The summed E-state index contributed by atoms with van der Waals surface area (Å²) >= 11 is 0. The summed E-state index contributed by atoms with van der Waals surface area (Å²) in [6.45, 7) is 9.38. The van der Waals surface area contributed by atoms with Gasteiger partial charge in [0.05, 0.1) is 0 Å². The standard InChI is InChI=1S/C15H25N3O/c1-5-9-16-12-10-13(19-15(3,4)6-2)18-14(17-12)11-7-8-11/h10-11H,5-9H2,1-4H3,(H,16,17,18). The second kappa shape index (κ2) is 5.76. The number of hydrogen-bond donors (Lipinski definition) is 1. The molecule has 0 bridgehead atoms. The normalized spacial score (nSPS) is 15.4. The summed E-state index contributed by atoms with van der Waals surface area (Å²) in [5.41, 5.74) is -0.183. The van der Waals surface area contributed by atoms with E-state index >= 15 is 0 Å². The van der Waals surface area contributed by atoms with Gasteiger partial charge in [-0.1, -0.05) is 13.8 Å². The van der Waals surface area contributed by atoms with Gasteiger partial charge in [-0.25, -0.2) is 4.98 Å². The summed E-state index contributed by atoms with van der Waals surface area (Å²) in [4.78, 5) is 9.15. The second-order valence-electron chi connectivity index (χ2n) is 5.87. The summed E-state index contributed by atoms with van der Waals surface area (Å²) in [5.74, 6) is 3.06. The van der Waals surface area contributed by atoms with Gasteiger partial charge in [0.2, 0.25) is 5.88 Å². The molecule has 1 N–H and O–H groups in total. The predicted molar refractivity (Wildman–Crippen MR) is 77.8 cm³/mol. The predicted octanol–water partition coefficient (Wildman–Crippen LogP) is 3.74. The maximum atomic E-state index is 6.00. The van der Waals surface area contributed by atoms with Crippen molar-refractivity contribution in [3.8, 4) is 5.88 Å². The van der Waals surface area contributed by atoms with Crippen molar-refractivity contribution in [2.45, 2.75) is 64.9 Å². The van der Waals surface area contributed by atoms with Gasteiger partial charge < -0.3 is 10.1 Å². The lowest BCUT2D eigenvalue weighted by Crippen LogP contribution is -2.27. The Bertz CT molecular complexity index is 427. The van der Waals surface area contributed by atoms with Gasteiger partial charge in [-0.05, 0) is 39.5 Å². The zero-order chi connectivity index (χ0) is 13.9. The van der Waals surface area contributed by atoms with Gasteiger partial charge in [0.15, 0.2) is 0 Å². The zero-order valence-electron chi connectivity index (χ0n) is 12.5. The van der Waals surface area contributed by atoms with Gasteiger partial charge in [0.25, 0.3) is 0 Å². The molecule has 0 radical (unpaired) electrons. The average molecular weight is 263 g/mol. The topological polar surface area (TPSA) is 47.0 Å². The molecule has 1 aromatic rings. The Morgan fingerprint density at radius 1 is 1.32 bits per heavy atom. The second-order valence-corrected chi connectivity index (χ2v) is 5.87. The Balaban J connectivity index is 2.18. The summed E-state index contributed by atoms with van der Waals surface area (Å²) in [6, 6.07) is 1.92. The van der Waals surface area contributed by atoms with Crippen LogP contribution in [0.25, 0.3) is 0 Å². The smallest absolute Gasteiger partial charge is 0.219 e. The summed E-state index contributed by atoms with van der Waals surface area (Å²) in [5, 5.41) is 3.33. The van der Waals surface area contributed by atoms with E-state index in [0.29, 0.717) is 11.8 Å². The van der Waals surface area contributed by atoms with Crippen molar-refractivity contribution in [3.05, 3.63) is 11.9 Å². The highest BCUT2D eigenvalue weighted by Gasteiger charge is 2.28. The maximum absolute atomic E-state index is 6.00. The van der Waals surface area contributed by atoms with Crippen LogP contribution in [0.1, 0.15) is 65.1 Å². The highest BCUT2D eigenvalue weighted by molar-refractivity contribution is 5.39. The number of nitrogens with zero attached hydrogens (tertiary/aromatic N) is 2. The van der Waals surface area contributed by atoms with Gasteiger partial charge in [0, 0.05) is 18.5 Å². The van der Waals surface area contributed by atoms with Crippen molar-refractivity contribution in [1.29, 1.82) is 0 Å². The van der Waals surface area contributed by atoms with E-state index in [4.69, 9.17) is 4.74 Å². The molecule has 0 saturated heterocycles. The third-order valence-electron chi connectivity index (χ3n) is 3.45. The summed E-state index contributed by atoms with van der Waals surface area (Å²) in [7, 11) is 0. The molecule has 1 aromatic heterocycles. The van der Waals surface area contributed by atoms with Crippen molar-refractivity contribution >= 4 is 5.82 Å². The first-order valence-corrected chi connectivity index (χ1v) is 7.36.